The molecular weight excluding hydrogens is 349 g/mol. The Morgan fingerprint density at radius 3 is 2.95 bits per heavy atom. The molecule has 0 spiro atoms. The van der Waals surface area contributed by atoms with E-state index in [1.807, 2.05) is 4.57 Å². The number of nitrogens with one attached hydrogen (secondary N) is 1. The quantitative estimate of drug-likeness (QED) is 0.832. The molecule has 0 radical (unpaired) electrons. The highest BCUT2D eigenvalue weighted by Gasteiger charge is 2.14. The monoisotopic (exact) mass is 361 g/mol. The van der Waals surface area contributed by atoms with Crippen molar-refractivity contribution in [1.29, 1.82) is 0 Å². The van der Waals surface area contributed by atoms with E-state index >= 15 is 0 Å². The molecule has 1 aromatic heterocycles. The predicted molar refractivity (Wildman–Crippen MR) is 80.5 cm³/mol. The Hall–Kier alpha value is -1.14. The molecule has 2 aromatic rings. The number of hydrogen-bond donors (Lipinski definition) is 1. The molecule has 0 aliphatic heterocycles. The van der Waals surface area contributed by atoms with Crippen LogP contribution in [0, 0.1) is 5.82 Å². The zero-order valence-corrected chi connectivity index (χ0v) is 13.3. The van der Waals surface area contributed by atoms with Crippen molar-refractivity contribution in [2.24, 2.45) is 0 Å². The average Bonchev–Trinajstić information content (AvgIpc) is 2.74. The van der Waals surface area contributed by atoms with Gasteiger partial charge < -0.3 is 9.88 Å². The first kappa shape index (κ1) is 15.3. The van der Waals surface area contributed by atoms with Crippen LogP contribution >= 0.6 is 27.5 Å². The maximum atomic E-state index is 13.6. The number of carbonyl (C=O) groups is 1. The number of benzene rings is 1. The summed E-state index contributed by atoms with van der Waals surface area (Å²) >= 11 is 8.94. The smallest absolute Gasteiger partial charge is 0.221 e. The lowest BCUT2D eigenvalue weighted by Crippen LogP contribution is -2.20. The SMILES string of the molecule is CNC(=O)CCn1c(CCCl)nc2cc(F)c(Br)cc21. The van der Waals surface area contributed by atoms with Gasteiger partial charge in [0.2, 0.25) is 5.91 Å². The maximum absolute atomic E-state index is 13.6. The number of aryl methyl sites for hydroxylation is 2. The zero-order valence-electron chi connectivity index (χ0n) is 10.9. The van der Waals surface area contributed by atoms with Gasteiger partial charge in [-0.1, -0.05) is 0 Å². The number of hydrogen-bond acceptors (Lipinski definition) is 2. The van der Waals surface area contributed by atoms with E-state index in [1.165, 1.54) is 6.07 Å². The number of imidazole rings is 1. The molecular formula is C13H14BrClFN3O. The molecule has 0 saturated heterocycles. The Morgan fingerprint density at radius 1 is 1.55 bits per heavy atom. The lowest BCUT2D eigenvalue weighted by atomic mass is 10.3. The fraction of sp³-hybridized carbons (Fsp3) is 0.385. The van der Waals surface area contributed by atoms with E-state index in [0.717, 1.165) is 11.3 Å². The first-order valence-electron chi connectivity index (χ1n) is 6.17. The van der Waals surface area contributed by atoms with Crippen molar-refractivity contribution in [2.75, 3.05) is 12.9 Å². The molecule has 1 N–H and O–H groups in total. The number of nitrogens with zero attached hydrogens (tertiary/aromatic N) is 2. The predicted octanol–water partition coefficient (Wildman–Crippen LogP) is 2.86. The van der Waals surface area contributed by atoms with Gasteiger partial charge in [0, 0.05) is 38.4 Å². The van der Waals surface area contributed by atoms with Crippen molar-refractivity contribution in [2.45, 2.75) is 19.4 Å². The Bertz CT molecular complexity index is 644. The molecule has 20 heavy (non-hydrogen) atoms. The molecule has 2 rings (SSSR count). The third kappa shape index (κ3) is 3.12. The van der Waals surface area contributed by atoms with Gasteiger partial charge in [0.15, 0.2) is 0 Å². The van der Waals surface area contributed by atoms with Gasteiger partial charge in [-0.2, -0.15) is 0 Å². The molecule has 0 atom stereocenters. The van der Waals surface area contributed by atoms with Gasteiger partial charge in [-0.05, 0) is 22.0 Å². The molecule has 7 heteroatoms. The largest absolute Gasteiger partial charge is 0.359 e. The summed E-state index contributed by atoms with van der Waals surface area (Å²) in [6.07, 6.45) is 0.912. The molecule has 4 nitrogen and oxygen atoms in total. The van der Waals surface area contributed by atoms with Crippen LogP contribution in [0.5, 0.6) is 0 Å². The molecule has 1 heterocycles. The van der Waals surface area contributed by atoms with E-state index in [1.54, 1.807) is 13.1 Å². The molecule has 1 amide bonds. The Kier molecular flexibility index (Phi) is 4.99. The van der Waals surface area contributed by atoms with Crippen molar-refractivity contribution in [1.82, 2.24) is 14.9 Å². The second-order valence-electron chi connectivity index (χ2n) is 4.30. The van der Waals surface area contributed by atoms with Crippen molar-refractivity contribution in [3.05, 3.63) is 28.2 Å². The van der Waals surface area contributed by atoms with Crippen LogP contribution in [0.15, 0.2) is 16.6 Å². The van der Waals surface area contributed by atoms with Crippen molar-refractivity contribution < 1.29 is 9.18 Å². The summed E-state index contributed by atoms with van der Waals surface area (Å²) in [6, 6.07) is 3.06. The zero-order chi connectivity index (χ0) is 14.7. The standard InChI is InChI=1S/C13H14BrClFN3O/c1-17-13(20)3-5-19-11-6-8(14)9(16)7-10(11)18-12(19)2-4-15/h6-7H,2-5H2,1H3,(H,17,20). The van der Waals surface area contributed by atoms with Gasteiger partial charge in [0.05, 0.1) is 15.5 Å². The van der Waals surface area contributed by atoms with E-state index in [4.69, 9.17) is 11.6 Å². The van der Waals surface area contributed by atoms with Crippen LogP contribution in [0.3, 0.4) is 0 Å². The van der Waals surface area contributed by atoms with Crippen molar-refractivity contribution in [3.8, 4) is 0 Å². The fourth-order valence-electron chi connectivity index (χ4n) is 2.03. The van der Waals surface area contributed by atoms with Crippen LogP contribution in [-0.4, -0.2) is 28.4 Å². The number of aromatic nitrogens is 2. The molecule has 0 saturated carbocycles. The number of amides is 1. The fourth-order valence-corrected chi connectivity index (χ4v) is 2.53. The van der Waals surface area contributed by atoms with Crippen molar-refractivity contribution >= 4 is 44.5 Å². The van der Waals surface area contributed by atoms with E-state index in [9.17, 15) is 9.18 Å². The number of alkyl halides is 1. The second kappa shape index (κ2) is 6.54. The highest BCUT2D eigenvalue weighted by atomic mass is 79.9. The van der Waals surface area contributed by atoms with E-state index < -0.39 is 0 Å². The topological polar surface area (TPSA) is 46.9 Å². The first-order valence-corrected chi connectivity index (χ1v) is 7.50. The van der Waals surface area contributed by atoms with E-state index in [0.29, 0.717) is 35.3 Å². The first-order chi connectivity index (χ1) is 9.56. The van der Waals surface area contributed by atoms with E-state index in [2.05, 4.69) is 26.2 Å². The molecule has 108 valence electrons. The summed E-state index contributed by atoms with van der Waals surface area (Å²) in [7, 11) is 1.60. The molecule has 0 fully saturated rings. The summed E-state index contributed by atoms with van der Waals surface area (Å²) < 4.78 is 15.8. The van der Waals surface area contributed by atoms with Crippen LogP contribution < -0.4 is 5.32 Å². The number of carbonyl (C=O) groups excluding carboxylic acids is 1. The summed E-state index contributed by atoms with van der Waals surface area (Å²) in [5.74, 6) is 0.777. The normalized spacial score (nSPS) is 11.0. The van der Waals surface area contributed by atoms with Gasteiger partial charge in [-0.3, -0.25) is 4.79 Å². The molecule has 0 bridgehead atoms. The van der Waals surface area contributed by atoms with E-state index in [-0.39, 0.29) is 11.7 Å². The number of rotatable bonds is 5. The van der Waals surface area contributed by atoms with Gasteiger partial charge >= 0.3 is 0 Å². The highest BCUT2D eigenvalue weighted by molar-refractivity contribution is 9.10. The summed E-state index contributed by atoms with van der Waals surface area (Å²) in [4.78, 5) is 15.8. The average molecular weight is 363 g/mol. The minimum Gasteiger partial charge on any atom is -0.359 e. The van der Waals surface area contributed by atoms with Crippen LogP contribution in [0.1, 0.15) is 12.2 Å². The number of fused-ring (bicyclic) bond motifs is 1. The highest BCUT2D eigenvalue weighted by Crippen LogP contribution is 2.25. The van der Waals surface area contributed by atoms with Crippen LogP contribution in [0.2, 0.25) is 0 Å². The maximum Gasteiger partial charge on any atom is 0.221 e. The van der Waals surface area contributed by atoms with Gasteiger partial charge in [-0.25, -0.2) is 9.37 Å². The third-order valence-corrected chi connectivity index (χ3v) is 3.83. The van der Waals surface area contributed by atoms with Gasteiger partial charge in [-0.15, -0.1) is 11.6 Å². The van der Waals surface area contributed by atoms with Gasteiger partial charge in [0.1, 0.15) is 11.6 Å². The summed E-state index contributed by atoms with van der Waals surface area (Å²) in [5.41, 5.74) is 1.37. The minimum atomic E-state index is -0.356. The second-order valence-corrected chi connectivity index (χ2v) is 5.53. The Labute approximate surface area is 129 Å². The van der Waals surface area contributed by atoms with Crippen LogP contribution in [0.25, 0.3) is 11.0 Å². The Balaban J connectivity index is 2.44. The van der Waals surface area contributed by atoms with Crippen LogP contribution in [-0.2, 0) is 17.8 Å². The molecule has 0 aliphatic carbocycles. The minimum absolute atomic E-state index is 0.0511. The van der Waals surface area contributed by atoms with Crippen LogP contribution in [0.4, 0.5) is 4.39 Å². The lowest BCUT2D eigenvalue weighted by molar-refractivity contribution is -0.120. The summed E-state index contributed by atoms with van der Waals surface area (Å²) in [6.45, 7) is 0.487. The lowest BCUT2D eigenvalue weighted by Gasteiger charge is -2.08. The number of halogens is 3. The molecule has 0 unspecified atom stereocenters. The van der Waals surface area contributed by atoms with Crippen molar-refractivity contribution in [3.63, 3.8) is 0 Å². The third-order valence-electron chi connectivity index (χ3n) is 3.03. The Morgan fingerprint density at radius 2 is 2.30 bits per heavy atom. The van der Waals surface area contributed by atoms with Gasteiger partial charge in [0.25, 0.3) is 0 Å². The molecule has 0 aliphatic rings. The summed E-state index contributed by atoms with van der Waals surface area (Å²) in [5, 5.41) is 2.58. The molecule has 1 aromatic carbocycles.